The summed E-state index contributed by atoms with van der Waals surface area (Å²) >= 11 is 0. The van der Waals surface area contributed by atoms with Gasteiger partial charge in [-0.1, -0.05) is 84.9 Å². The molecule has 0 N–H and O–H groups in total. The van der Waals surface area contributed by atoms with Crippen molar-refractivity contribution in [3.8, 4) is 0 Å². The Balaban J connectivity index is 2.15. The van der Waals surface area contributed by atoms with Gasteiger partial charge in [0, 0.05) is 6.42 Å². The fourth-order valence-corrected chi connectivity index (χ4v) is 3.32. The van der Waals surface area contributed by atoms with Crippen LogP contribution < -0.4 is 0 Å². The quantitative estimate of drug-likeness (QED) is 0.626. The molecule has 3 radical (unpaired) electrons. The second-order valence-corrected chi connectivity index (χ2v) is 5.97. The van der Waals surface area contributed by atoms with E-state index < -0.39 is 5.60 Å². The van der Waals surface area contributed by atoms with Crippen molar-refractivity contribution in [3.05, 3.63) is 107 Å². The minimum absolute atomic E-state index is 0.564. The molecule has 3 aromatic rings. The van der Waals surface area contributed by atoms with E-state index in [0.717, 1.165) is 17.5 Å². The van der Waals surface area contributed by atoms with Gasteiger partial charge in [0.05, 0.1) is 0 Å². The second kappa shape index (κ2) is 6.94. The third kappa shape index (κ3) is 3.14. The molecule has 0 aliphatic carbocycles. The maximum absolute atomic E-state index is 5.97. The third-order valence-electron chi connectivity index (χ3n) is 4.36. The van der Waals surface area contributed by atoms with Crippen LogP contribution in [-0.2, 0) is 16.4 Å². The number of rotatable bonds is 5. The van der Waals surface area contributed by atoms with Crippen LogP contribution in [0.2, 0.25) is 0 Å². The van der Waals surface area contributed by atoms with E-state index in [4.69, 9.17) is 4.43 Å². The van der Waals surface area contributed by atoms with Crippen molar-refractivity contribution < 1.29 is 4.43 Å². The van der Waals surface area contributed by atoms with Gasteiger partial charge in [0.1, 0.15) is 5.60 Å². The first-order valence-electron chi connectivity index (χ1n) is 7.76. The Labute approximate surface area is 141 Å². The molecule has 0 unspecified atom stereocenters. The predicted octanol–water partition coefficient (Wildman–Crippen LogP) is 4.58. The van der Waals surface area contributed by atoms with Crippen LogP contribution in [0.5, 0.6) is 0 Å². The Kier molecular flexibility index (Phi) is 4.75. The highest BCUT2D eigenvalue weighted by molar-refractivity contribution is 5.98. The fraction of sp³-hybridized carbons (Fsp3) is 0.143. The van der Waals surface area contributed by atoms with Crippen LogP contribution in [0, 0.1) is 6.92 Å². The zero-order valence-electron chi connectivity index (χ0n) is 13.2. The van der Waals surface area contributed by atoms with Crippen molar-refractivity contribution in [3.63, 3.8) is 0 Å². The minimum atomic E-state index is -0.564. The maximum Gasteiger partial charge on any atom is 0.248 e. The smallest absolute Gasteiger partial charge is 0.248 e. The molecule has 0 fully saturated rings. The van der Waals surface area contributed by atoms with Crippen molar-refractivity contribution in [1.82, 2.24) is 0 Å². The van der Waals surface area contributed by atoms with Gasteiger partial charge in [0.25, 0.3) is 0 Å². The summed E-state index contributed by atoms with van der Waals surface area (Å²) in [5, 5.41) is 0. The van der Waals surface area contributed by atoms with Gasteiger partial charge in [-0.3, -0.25) is 0 Å². The Bertz CT molecular complexity index is 714. The Morgan fingerprint density at radius 3 is 1.70 bits per heavy atom. The average Bonchev–Trinajstić information content (AvgIpc) is 2.63. The van der Waals surface area contributed by atoms with Crippen molar-refractivity contribution in [2.24, 2.45) is 0 Å². The van der Waals surface area contributed by atoms with Gasteiger partial charge in [0.2, 0.25) is 10.5 Å². The largest absolute Gasteiger partial charge is 0.405 e. The molecule has 113 valence electrons. The van der Waals surface area contributed by atoms with Gasteiger partial charge >= 0.3 is 0 Å². The molecule has 0 aromatic heterocycles. The maximum atomic E-state index is 5.97. The van der Waals surface area contributed by atoms with Crippen LogP contribution >= 0.6 is 0 Å². The molecule has 0 amide bonds. The monoisotopic (exact) mass is 315 g/mol. The topological polar surface area (TPSA) is 9.23 Å². The highest BCUT2D eigenvalue weighted by Crippen LogP contribution is 2.37. The van der Waals surface area contributed by atoms with Crippen LogP contribution in [0.1, 0.15) is 22.3 Å². The lowest BCUT2D eigenvalue weighted by molar-refractivity contribution is 0.125. The number of benzene rings is 3. The molecule has 0 aliphatic heterocycles. The summed E-state index contributed by atoms with van der Waals surface area (Å²) in [6.45, 7) is 2.14. The molecule has 23 heavy (non-hydrogen) atoms. The van der Waals surface area contributed by atoms with Gasteiger partial charge in [0.15, 0.2) is 0 Å². The first kappa shape index (κ1) is 15.7. The molecule has 0 saturated heterocycles. The molecule has 0 heterocycles. The molecule has 3 aromatic carbocycles. The minimum Gasteiger partial charge on any atom is -0.405 e. The number of hydrogen-bond acceptors (Lipinski definition) is 1. The molecule has 0 atom stereocenters. The summed E-state index contributed by atoms with van der Waals surface area (Å²) in [5.74, 6) is 0. The van der Waals surface area contributed by atoms with Crippen molar-refractivity contribution in [2.45, 2.75) is 18.9 Å². The van der Waals surface area contributed by atoms with E-state index >= 15 is 0 Å². The lowest BCUT2D eigenvalue weighted by Gasteiger charge is -2.35. The van der Waals surface area contributed by atoms with Gasteiger partial charge in [-0.25, -0.2) is 0 Å². The molecular weight excluding hydrogens is 296 g/mol. The van der Waals surface area contributed by atoms with Crippen LogP contribution in [0.25, 0.3) is 0 Å². The summed E-state index contributed by atoms with van der Waals surface area (Å²) < 4.78 is 5.97. The van der Waals surface area contributed by atoms with E-state index in [1.807, 2.05) is 12.1 Å². The summed E-state index contributed by atoms with van der Waals surface area (Å²) in [4.78, 5) is 0. The van der Waals surface area contributed by atoms with E-state index in [-0.39, 0.29) is 0 Å². The lowest BCUT2D eigenvalue weighted by Crippen LogP contribution is -2.33. The molecule has 0 saturated carbocycles. The Hall–Kier alpha value is -2.16. The van der Waals surface area contributed by atoms with Gasteiger partial charge in [-0.2, -0.15) is 0 Å². The van der Waals surface area contributed by atoms with E-state index in [2.05, 4.69) is 90.2 Å². The molecular formula is C21H19OSi. The van der Waals surface area contributed by atoms with Crippen LogP contribution in [0.15, 0.2) is 84.9 Å². The molecule has 2 heteroatoms. The average molecular weight is 315 g/mol. The Morgan fingerprint density at radius 2 is 1.22 bits per heavy atom. The van der Waals surface area contributed by atoms with Gasteiger partial charge in [-0.05, 0) is 29.2 Å². The number of hydrogen-bond donors (Lipinski definition) is 0. The molecule has 3 rings (SSSR count). The van der Waals surface area contributed by atoms with E-state index in [1.165, 1.54) is 11.1 Å². The Morgan fingerprint density at radius 1 is 0.739 bits per heavy atom. The van der Waals surface area contributed by atoms with E-state index in [0.29, 0.717) is 0 Å². The summed E-state index contributed by atoms with van der Waals surface area (Å²) in [6.07, 6.45) is 0.761. The first-order valence-corrected chi connectivity index (χ1v) is 8.17. The van der Waals surface area contributed by atoms with E-state index in [1.54, 1.807) is 0 Å². The SMILES string of the molecule is Cc1ccccc1CC(O[Si])(c1ccccc1)c1ccccc1. The predicted molar refractivity (Wildman–Crippen MR) is 95.4 cm³/mol. The number of aryl methyl sites for hydroxylation is 1. The van der Waals surface area contributed by atoms with Crippen molar-refractivity contribution in [2.75, 3.05) is 0 Å². The third-order valence-corrected chi connectivity index (χ3v) is 4.70. The van der Waals surface area contributed by atoms with Crippen LogP contribution in [0.3, 0.4) is 0 Å². The lowest BCUT2D eigenvalue weighted by atomic mass is 9.80. The summed E-state index contributed by atoms with van der Waals surface area (Å²) in [5.41, 5.74) is 4.24. The van der Waals surface area contributed by atoms with Crippen LogP contribution in [-0.4, -0.2) is 10.5 Å². The fourth-order valence-electron chi connectivity index (χ4n) is 3.02. The standard InChI is InChI=1S/C21H19OSi/c1-17-10-8-9-11-18(17)16-21(22-23,19-12-4-2-5-13-19)20-14-6-3-7-15-20/h2-15H,16H2,1H3. The van der Waals surface area contributed by atoms with Crippen molar-refractivity contribution >= 4 is 10.5 Å². The van der Waals surface area contributed by atoms with Gasteiger partial charge in [-0.15, -0.1) is 0 Å². The molecule has 0 aliphatic rings. The summed E-state index contributed by atoms with van der Waals surface area (Å²) in [7, 11) is 3.39. The molecule has 1 nitrogen and oxygen atoms in total. The highest BCUT2D eigenvalue weighted by Gasteiger charge is 2.34. The molecule has 0 spiro atoms. The van der Waals surface area contributed by atoms with Gasteiger partial charge < -0.3 is 4.43 Å². The molecule has 0 bridgehead atoms. The van der Waals surface area contributed by atoms with E-state index in [9.17, 15) is 0 Å². The summed E-state index contributed by atoms with van der Waals surface area (Å²) in [6, 6.07) is 29.2. The van der Waals surface area contributed by atoms with Crippen molar-refractivity contribution in [1.29, 1.82) is 0 Å². The normalized spacial score (nSPS) is 11.4. The van der Waals surface area contributed by atoms with Crippen LogP contribution in [0.4, 0.5) is 0 Å². The highest BCUT2D eigenvalue weighted by atomic mass is 28.2. The zero-order valence-corrected chi connectivity index (χ0v) is 14.2. The first-order chi connectivity index (χ1) is 11.3. The second-order valence-electron chi connectivity index (χ2n) is 5.76. The zero-order chi connectivity index (χ0) is 16.1.